The summed E-state index contributed by atoms with van der Waals surface area (Å²) in [7, 11) is 0. The van der Waals surface area contributed by atoms with E-state index in [1.165, 1.54) is 6.07 Å². The highest BCUT2D eigenvalue weighted by Crippen LogP contribution is 2.34. The van der Waals surface area contributed by atoms with E-state index in [2.05, 4.69) is 0 Å². The smallest absolute Gasteiger partial charge is 0.250 e. The van der Waals surface area contributed by atoms with Crippen molar-refractivity contribution < 1.29 is 4.79 Å². The number of carbonyl (C=O) groups is 1. The van der Waals surface area contributed by atoms with Crippen LogP contribution < -0.4 is 10.5 Å². The molecule has 108 valence electrons. The van der Waals surface area contributed by atoms with Crippen LogP contribution in [-0.4, -0.2) is 22.8 Å². The highest BCUT2D eigenvalue weighted by Gasteiger charge is 2.22. The maximum atomic E-state index is 12.4. The average Bonchev–Trinajstić information content (AvgIpc) is 2.53. The van der Waals surface area contributed by atoms with Gasteiger partial charge in [-0.3, -0.25) is 9.59 Å². The molecule has 4 nitrogen and oxygen atoms in total. The van der Waals surface area contributed by atoms with Gasteiger partial charge in [0.25, 0.3) is 5.56 Å². The number of nitrogens with zero attached hydrogens (tertiary/aromatic N) is 2. The standard InChI is InChI=1S/C16H16N2O2S/c19-15-7-3-4-9-17(15)10-8-16(20)18-11-12-21-14-6-2-1-5-13(14)18/h1-7,9H,8,10-12H2. The van der Waals surface area contributed by atoms with Crippen LogP contribution >= 0.6 is 11.8 Å². The van der Waals surface area contributed by atoms with Gasteiger partial charge in [-0.15, -0.1) is 11.8 Å². The number of benzene rings is 1. The Morgan fingerprint density at radius 2 is 1.95 bits per heavy atom. The fourth-order valence-electron chi connectivity index (χ4n) is 2.43. The van der Waals surface area contributed by atoms with E-state index in [0.717, 1.165) is 22.9 Å². The molecule has 0 N–H and O–H groups in total. The molecular weight excluding hydrogens is 284 g/mol. The molecule has 1 aromatic carbocycles. The number of fused-ring (bicyclic) bond motifs is 1. The van der Waals surface area contributed by atoms with Gasteiger partial charge in [0, 0.05) is 42.4 Å². The Kier molecular flexibility index (Phi) is 4.10. The fourth-order valence-corrected chi connectivity index (χ4v) is 3.42. The normalized spacial score (nSPS) is 13.8. The van der Waals surface area contributed by atoms with Gasteiger partial charge >= 0.3 is 0 Å². The SMILES string of the molecule is O=C(CCn1ccccc1=O)N1CCSc2ccccc21. The Labute approximate surface area is 127 Å². The van der Waals surface area contributed by atoms with E-state index < -0.39 is 0 Å². The van der Waals surface area contributed by atoms with Gasteiger partial charge in [0.1, 0.15) is 0 Å². The molecule has 0 fully saturated rings. The topological polar surface area (TPSA) is 42.3 Å². The molecule has 0 radical (unpaired) electrons. The number of aromatic nitrogens is 1. The Balaban J connectivity index is 1.72. The summed E-state index contributed by atoms with van der Waals surface area (Å²) in [4.78, 5) is 27.1. The third kappa shape index (κ3) is 3.03. The zero-order valence-corrected chi connectivity index (χ0v) is 12.4. The Hall–Kier alpha value is -2.01. The minimum absolute atomic E-state index is 0.0681. The molecule has 1 aliphatic heterocycles. The number of rotatable bonds is 3. The minimum Gasteiger partial charge on any atom is -0.315 e. The van der Waals surface area contributed by atoms with Crippen LogP contribution in [0, 0.1) is 0 Å². The zero-order valence-electron chi connectivity index (χ0n) is 11.6. The van der Waals surface area contributed by atoms with Gasteiger partial charge in [0.15, 0.2) is 0 Å². The molecule has 2 aromatic rings. The molecule has 1 amide bonds. The third-order valence-electron chi connectivity index (χ3n) is 3.50. The molecule has 0 spiro atoms. The van der Waals surface area contributed by atoms with E-state index in [4.69, 9.17) is 0 Å². The molecule has 1 aromatic heterocycles. The first-order valence-corrected chi connectivity index (χ1v) is 7.92. The summed E-state index contributed by atoms with van der Waals surface area (Å²) in [6, 6.07) is 13.0. The lowest BCUT2D eigenvalue weighted by molar-refractivity contribution is -0.118. The average molecular weight is 300 g/mol. The molecular formula is C16H16N2O2S. The van der Waals surface area contributed by atoms with Crippen molar-refractivity contribution >= 4 is 23.4 Å². The molecule has 21 heavy (non-hydrogen) atoms. The molecule has 0 bridgehead atoms. The van der Waals surface area contributed by atoms with Crippen molar-refractivity contribution in [3.8, 4) is 0 Å². The quantitative estimate of drug-likeness (QED) is 0.874. The fraction of sp³-hybridized carbons (Fsp3) is 0.250. The van der Waals surface area contributed by atoms with Crippen LogP contribution in [0.3, 0.4) is 0 Å². The predicted molar refractivity (Wildman–Crippen MR) is 84.8 cm³/mol. The lowest BCUT2D eigenvalue weighted by Gasteiger charge is -2.29. The summed E-state index contributed by atoms with van der Waals surface area (Å²) in [6.45, 7) is 1.15. The summed E-state index contributed by atoms with van der Waals surface area (Å²) in [6.07, 6.45) is 2.05. The van der Waals surface area contributed by atoms with Crippen LogP contribution in [0.2, 0.25) is 0 Å². The van der Waals surface area contributed by atoms with Crippen molar-refractivity contribution in [3.05, 3.63) is 59.0 Å². The van der Waals surface area contributed by atoms with Crippen LogP contribution in [0.1, 0.15) is 6.42 Å². The van der Waals surface area contributed by atoms with Gasteiger partial charge in [-0.25, -0.2) is 0 Å². The van der Waals surface area contributed by atoms with Crippen molar-refractivity contribution in [2.75, 3.05) is 17.2 Å². The summed E-state index contributed by atoms with van der Waals surface area (Å²) in [5.41, 5.74) is 0.916. The van der Waals surface area contributed by atoms with Crippen LogP contribution in [0.5, 0.6) is 0 Å². The monoisotopic (exact) mass is 300 g/mol. The second-order valence-electron chi connectivity index (χ2n) is 4.84. The Morgan fingerprint density at radius 3 is 2.81 bits per heavy atom. The number of hydrogen-bond donors (Lipinski definition) is 0. The first-order chi connectivity index (χ1) is 10.3. The van der Waals surface area contributed by atoms with Gasteiger partial charge in [0.2, 0.25) is 5.91 Å². The lowest BCUT2D eigenvalue weighted by Crippen LogP contribution is -2.36. The number of thioether (sulfide) groups is 1. The van der Waals surface area contributed by atoms with E-state index in [0.29, 0.717) is 13.0 Å². The van der Waals surface area contributed by atoms with E-state index in [-0.39, 0.29) is 11.5 Å². The van der Waals surface area contributed by atoms with Crippen molar-refractivity contribution in [2.45, 2.75) is 17.9 Å². The van der Waals surface area contributed by atoms with Crippen molar-refractivity contribution in [1.29, 1.82) is 0 Å². The maximum Gasteiger partial charge on any atom is 0.250 e. The third-order valence-corrected chi connectivity index (χ3v) is 4.54. The first kappa shape index (κ1) is 13.9. The van der Waals surface area contributed by atoms with Crippen molar-refractivity contribution in [1.82, 2.24) is 4.57 Å². The minimum atomic E-state index is -0.0695. The highest BCUT2D eigenvalue weighted by molar-refractivity contribution is 7.99. The van der Waals surface area contributed by atoms with E-state index in [1.54, 1.807) is 34.7 Å². The van der Waals surface area contributed by atoms with Crippen LogP contribution in [-0.2, 0) is 11.3 Å². The number of aryl methyl sites for hydroxylation is 1. The number of para-hydroxylation sites is 1. The number of hydrogen-bond acceptors (Lipinski definition) is 3. The van der Waals surface area contributed by atoms with Gasteiger partial charge in [-0.2, -0.15) is 0 Å². The molecule has 0 aliphatic carbocycles. The Bertz CT molecular complexity index is 711. The van der Waals surface area contributed by atoms with E-state index in [1.807, 2.05) is 29.2 Å². The lowest BCUT2D eigenvalue weighted by atomic mass is 10.2. The van der Waals surface area contributed by atoms with Crippen LogP contribution in [0.15, 0.2) is 58.4 Å². The maximum absolute atomic E-state index is 12.4. The number of amides is 1. The first-order valence-electron chi connectivity index (χ1n) is 6.93. The summed E-state index contributed by atoms with van der Waals surface area (Å²) >= 11 is 1.78. The molecule has 3 rings (SSSR count). The Morgan fingerprint density at radius 1 is 1.14 bits per heavy atom. The van der Waals surface area contributed by atoms with Gasteiger partial charge < -0.3 is 9.47 Å². The molecule has 0 saturated heterocycles. The molecule has 2 heterocycles. The van der Waals surface area contributed by atoms with Crippen molar-refractivity contribution in [3.63, 3.8) is 0 Å². The van der Waals surface area contributed by atoms with Gasteiger partial charge in [-0.1, -0.05) is 18.2 Å². The molecule has 1 aliphatic rings. The number of carbonyl (C=O) groups excluding carboxylic acids is 1. The van der Waals surface area contributed by atoms with E-state index >= 15 is 0 Å². The van der Waals surface area contributed by atoms with E-state index in [9.17, 15) is 9.59 Å². The van der Waals surface area contributed by atoms with Crippen LogP contribution in [0.25, 0.3) is 0 Å². The summed E-state index contributed by atoms with van der Waals surface area (Å²) < 4.78 is 1.57. The molecule has 0 unspecified atom stereocenters. The summed E-state index contributed by atoms with van der Waals surface area (Å²) in [5, 5.41) is 0. The largest absolute Gasteiger partial charge is 0.315 e. The summed E-state index contributed by atoms with van der Waals surface area (Å²) in [5.74, 6) is 0.979. The second kappa shape index (κ2) is 6.18. The van der Waals surface area contributed by atoms with Crippen LogP contribution in [0.4, 0.5) is 5.69 Å². The second-order valence-corrected chi connectivity index (χ2v) is 5.98. The van der Waals surface area contributed by atoms with Gasteiger partial charge in [0.05, 0.1) is 5.69 Å². The predicted octanol–water partition coefficient (Wildman–Crippen LogP) is 2.38. The molecule has 0 atom stereocenters. The number of pyridine rings is 1. The highest BCUT2D eigenvalue weighted by atomic mass is 32.2. The van der Waals surface area contributed by atoms with Crippen molar-refractivity contribution in [2.24, 2.45) is 0 Å². The van der Waals surface area contributed by atoms with Gasteiger partial charge in [-0.05, 0) is 18.2 Å². The molecule has 5 heteroatoms. The zero-order chi connectivity index (χ0) is 14.7. The molecule has 0 saturated carbocycles. The number of anilines is 1.